The van der Waals surface area contributed by atoms with Crippen LogP contribution in [0.1, 0.15) is 118 Å². The SMILES string of the molecule is C.CC(=O)C(C)C(O)C(=O)C(C)C.COC(C(C)C)C(C)C(C)=O.COC(C(C)C)C(C)C(C)C(C)C.COCC(=O)C(O)C(C)C(C)=O. The molecule has 0 saturated carbocycles. The topological polar surface area (TPSA) is 153 Å². The number of Topliss-reactive ketones (excluding diaryl/α,β-unsaturated/α-hetero) is 5. The summed E-state index contributed by atoms with van der Waals surface area (Å²) in [6.45, 7) is 30.4. The fourth-order valence-electron chi connectivity index (χ4n) is 4.82. The number of aliphatic hydroxyl groups is 2. The number of aliphatic hydroxyl groups excluding tert-OH is 2. The zero-order valence-electron chi connectivity index (χ0n) is 33.9. The monoisotopic (exact) mass is 707 g/mol. The molecule has 10 heteroatoms. The Bertz CT molecular complexity index is 911. The van der Waals surface area contributed by atoms with Crippen LogP contribution in [-0.2, 0) is 38.2 Å². The molecule has 0 radical (unpaired) electrons. The van der Waals surface area contributed by atoms with Gasteiger partial charge < -0.3 is 24.4 Å². The van der Waals surface area contributed by atoms with E-state index in [0.717, 1.165) is 11.8 Å². The van der Waals surface area contributed by atoms with Crippen LogP contribution in [0.5, 0.6) is 0 Å². The third-order valence-electron chi connectivity index (χ3n) is 9.10. The Morgan fingerprint density at radius 3 is 1.08 bits per heavy atom. The smallest absolute Gasteiger partial charge is 0.187 e. The minimum Gasteiger partial charge on any atom is -0.385 e. The van der Waals surface area contributed by atoms with Gasteiger partial charge in [0.05, 0.1) is 12.2 Å². The number of carbonyl (C=O) groups excluding carboxylic acids is 5. The number of hydrogen-bond acceptors (Lipinski definition) is 10. The predicted molar refractivity (Wildman–Crippen MR) is 199 cm³/mol. The zero-order valence-corrected chi connectivity index (χ0v) is 33.9. The Hall–Kier alpha value is -1.85. The van der Waals surface area contributed by atoms with E-state index in [1.165, 1.54) is 27.9 Å². The van der Waals surface area contributed by atoms with Crippen molar-refractivity contribution in [2.75, 3.05) is 27.9 Å². The molecule has 0 fully saturated rings. The Balaban J connectivity index is -0.000000175. The van der Waals surface area contributed by atoms with Crippen LogP contribution >= 0.6 is 0 Å². The van der Waals surface area contributed by atoms with Crippen LogP contribution in [-0.4, -0.2) is 91.5 Å². The lowest BCUT2D eigenvalue weighted by atomic mass is 9.79. The lowest BCUT2D eigenvalue weighted by Crippen LogP contribution is -2.34. The van der Waals surface area contributed by atoms with Gasteiger partial charge in [0, 0.05) is 45.0 Å². The summed E-state index contributed by atoms with van der Waals surface area (Å²) in [4.78, 5) is 54.7. The summed E-state index contributed by atoms with van der Waals surface area (Å²) in [5, 5.41) is 18.6. The van der Waals surface area contributed by atoms with E-state index in [-0.39, 0.29) is 55.1 Å². The molecule has 49 heavy (non-hydrogen) atoms. The molecule has 9 atom stereocenters. The van der Waals surface area contributed by atoms with Gasteiger partial charge in [0.25, 0.3) is 0 Å². The molecule has 0 bridgehead atoms. The van der Waals surface area contributed by atoms with Gasteiger partial charge in [-0.1, -0.05) is 97.4 Å². The molecule has 0 aliphatic carbocycles. The van der Waals surface area contributed by atoms with Crippen LogP contribution in [0.25, 0.3) is 0 Å². The van der Waals surface area contributed by atoms with Crippen molar-refractivity contribution < 1.29 is 48.4 Å². The van der Waals surface area contributed by atoms with Gasteiger partial charge in [-0.25, -0.2) is 0 Å². The Morgan fingerprint density at radius 1 is 0.510 bits per heavy atom. The number of carbonyl (C=O) groups is 5. The van der Waals surface area contributed by atoms with Crippen LogP contribution < -0.4 is 0 Å². The highest BCUT2D eigenvalue weighted by Gasteiger charge is 2.28. The van der Waals surface area contributed by atoms with E-state index in [1.807, 2.05) is 14.0 Å². The summed E-state index contributed by atoms with van der Waals surface area (Å²) in [6.07, 6.45) is -1.91. The molecule has 0 rings (SSSR count). The second-order valence-corrected chi connectivity index (χ2v) is 14.4. The normalized spacial score (nSPS) is 16.4. The van der Waals surface area contributed by atoms with Crippen molar-refractivity contribution >= 4 is 28.9 Å². The lowest BCUT2D eigenvalue weighted by Gasteiger charge is -2.32. The van der Waals surface area contributed by atoms with Crippen LogP contribution in [0.15, 0.2) is 0 Å². The molecule has 10 nitrogen and oxygen atoms in total. The van der Waals surface area contributed by atoms with E-state index in [2.05, 4.69) is 60.1 Å². The summed E-state index contributed by atoms with van der Waals surface area (Å²) < 4.78 is 15.3. The largest absolute Gasteiger partial charge is 0.385 e. The number of rotatable bonds is 18. The molecule has 9 unspecified atom stereocenters. The van der Waals surface area contributed by atoms with Gasteiger partial charge in [-0.05, 0) is 50.4 Å². The van der Waals surface area contributed by atoms with Crippen molar-refractivity contribution in [3.8, 4) is 0 Å². The third kappa shape index (κ3) is 24.1. The van der Waals surface area contributed by atoms with Gasteiger partial charge in [0.2, 0.25) is 0 Å². The maximum atomic E-state index is 11.2. The van der Waals surface area contributed by atoms with Crippen molar-refractivity contribution in [3.63, 3.8) is 0 Å². The lowest BCUT2D eigenvalue weighted by molar-refractivity contribution is -0.138. The van der Waals surface area contributed by atoms with Crippen LogP contribution in [0.3, 0.4) is 0 Å². The van der Waals surface area contributed by atoms with E-state index in [4.69, 9.17) is 9.47 Å². The molecule has 0 aromatic carbocycles. The van der Waals surface area contributed by atoms with Gasteiger partial charge in [-0.15, -0.1) is 0 Å². The quantitative estimate of drug-likeness (QED) is 0.158. The summed E-state index contributed by atoms with van der Waals surface area (Å²) >= 11 is 0. The van der Waals surface area contributed by atoms with Gasteiger partial charge >= 0.3 is 0 Å². The van der Waals surface area contributed by atoms with Crippen molar-refractivity contribution in [2.45, 2.75) is 143 Å². The third-order valence-corrected chi connectivity index (χ3v) is 9.10. The van der Waals surface area contributed by atoms with Crippen LogP contribution in [0.2, 0.25) is 0 Å². The van der Waals surface area contributed by atoms with E-state index in [0.29, 0.717) is 23.9 Å². The molecule has 0 aliphatic heterocycles. The standard InChI is InChI=1S/C12H26O.C9H16O3.C9H18O2.C8H14O4.CH4/c1-8(2)10(5)11(6)12(13-7)9(3)4;1-5(2)8(11)9(12)6(3)7(4)10;1-6(2)9(11-5)7(3)8(4)10;1-5(6(2)9)8(11)7(10)4-12-3;/h8-12H,1-7H3;5-6,9,12H,1-4H3;6-7,9H,1-5H3;5,8,11H,4H2,1-3H3;1H4. The summed E-state index contributed by atoms with van der Waals surface area (Å²) in [6, 6.07) is 0. The summed E-state index contributed by atoms with van der Waals surface area (Å²) in [5.74, 6) is 0.810. The zero-order chi connectivity index (χ0) is 39.2. The molecular formula is C39H78O10. The first-order chi connectivity index (χ1) is 21.8. The summed E-state index contributed by atoms with van der Waals surface area (Å²) in [5.41, 5.74) is 0. The fraction of sp³-hybridized carbons (Fsp3) is 0.872. The van der Waals surface area contributed by atoms with E-state index < -0.39 is 29.8 Å². The van der Waals surface area contributed by atoms with Crippen molar-refractivity contribution in [2.24, 2.45) is 53.3 Å². The first-order valence-electron chi connectivity index (χ1n) is 17.3. The highest BCUT2D eigenvalue weighted by Crippen LogP contribution is 2.28. The van der Waals surface area contributed by atoms with Gasteiger partial charge in [-0.2, -0.15) is 0 Å². The highest BCUT2D eigenvalue weighted by atomic mass is 16.5. The van der Waals surface area contributed by atoms with Gasteiger partial charge in [0.1, 0.15) is 36.2 Å². The first-order valence-corrected chi connectivity index (χ1v) is 17.3. The van der Waals surface area contributed by atoms with Crippen molar-refractivity contribution in [1.29, 1.82) is 0 Å². The van der Waals surface area contributed by atoms with E-state index in [1.54, 1.807) is 34.8 Å². The van der Waals surface area contributed by atoms with E-state index >= 15 is 0 Å². The minimum atomic E-state index is -1.23. The molecule has 2 N–H and O–H groups in total. The molecule has 0 heterocycles. The average Bonchev–Trinajstić information content (AvgIpc) is 2.99. The minimum absolute atomic E-state index is 0. The number of methoxy groups -OCH3 is 3. The molecule has 0 amide bonds. The Morgan fingerprint density at radius 2 is 0.857 bits per heavy atom. The molecule has 0 aliphatic rings. The highest BCUT2D eigenvalue weighted by molar-refractivity contribution is 5.91. The number of ether oxygens (including phenoxy) is 3. The second kappa shape index (κ2) is 29.8. The van der Waals surface area contributed by atoms with Gasteiger partial charge in [-0.3, -0.25) is 24.0 Å². The van der Waals surface area contributed by atoms with Crippen LogP contribution in [0, 0.1) is 53.3 Å². The second-order valence-electron chi connectivity index (χ2n) is 14.4. The Labute approximate surface area is 300 Å². The van der Waals surface area contributed by atoms with Crippen molar-refractivity contribution in [3.05, 3.63) is 0 Å². The molecule has 0 spiro atoms. The predicted octanol–water partition coefficient (Wildman–Crippen LogP) is 6.69. The van der Waals surface area contributed by atoms with Crippen LogP contribution in [0.4, 0.5) is 0 Å². The molecule has 0 aromatic rings. The number of hydrogen-bond donors (Lipinski definition) is 2. The summed E-state index contributed by atoms with van der Waals surface area (Å²) in [7, 11) is 4.85. The molecular weight excluding hydrogens is 628 g/mol. The average molecular weight is 707 g/mol. The fourth-order valence-corrected chi connectivity index (χ4v) is 4.82. The maximum absolute atomic E-state index is 11.2. The van der Waals surface area contributed by atoms with Crippen molar-refractivity contribution in [1.82, 2.24) is 0 Å². The number of ketones is 5. The van der Waals surface area contributed by atoms with Gasteiger partial charge in [0.15, 0.2) is 11.6 Å². The maximum Gasteiger partial charge on any atom is 0.187 e. The van der Waals surface area contributed by atoms with E-state index in [9.17, 15) is 34.2 Å². The Kier molecular flexibility index (Phi) is 34.4. The molecule has 294 valence electrons. The molecule has 0 saturated heterocycles. The first kappa shape index (κ1) is 56.5. The molecule has 0 aromatic heterocycles.